The molecule has 202 valence electrons. The third-order valence-corrected chi connectivity index (χ3v) is 10.4. The summed E-state index contributed by atoms with van der Waals surface area (Å²) < 4.78 is 6.97. The molecule has 5 rings (SSSR count). The average molecular weight is 515 g/mol. The zero-order valence-corrected chi connectivity index (χ0v) is 22.0. The van der Waals surface area contributed by atoms with Crippen LogP contribution in [0.3, 0.4) is 0 Å². The molecule has 4 aliphatic rings. The quantitative estimate of drug-likeness (QED) is 0.472. The van der Waals surface area contributed by atoms with Crippen molar-refractivity contribution in [3.05, 3.63) is 22.8 Å². The predicted octanol–water partition coefficient (Wildman–Crippen LogP) is 2.97. The largest absolute Gasteiger partial charge is 0.508 e. The number of aliphatic hydroxyl groups excluding tert-OH is 1. The van der Waals surface area contributed by atoms with E-state index < -0.39 is 35.5 Å². The summed E-state index contributed by atoms with van der Waals surface area (Å²) in [6.07, 6.45) is 3.24. The average Bonchev–Trinajstić information content (AvgIpc) is 3.36. The van der Waals surface area contributed by atoms with Crippen LogP contribution in [-0.4, -0.2) is 55.8 Å². The number of carboxylic acids is 1. The smallest absolute Gasteiger partial charge is 0.326 e. The Morgan fingerprint density at radius 2 is 1.92 bits per heavy atom. The van der Waals surface area contributed by atoms with Gasteiger partial charge in [0, 0.05) is 29.4 Å². The number of hydrogen-bond acceptors (Lipinski definition) is 6. The summed E-state index contributed by atoms with van der Waals surface area (Å²) in [5.41, 5.74) is 5.56. The number of carbonyl (C=O) groups excluding carboxylic acids is 2. The van der Waals surface area contributed by atoms with E-state index in [4.69, 9.17) is 10.5 Å². The summed E-state index contributed by atoms with van der Waals surface area (Å²) >= 11 is 0. The highest BCUT2D eigenvalue weighted by atomic mass is 16.5. The Kier molecular flexibility index (Phi) is 5.83. The third kappa shape index (κ3) is 3.49. The number of fused-ring (bicyclic) bond motifs is 5. The molecule has 9 heteroatoms. The van der Waals surface area contributed by atoms with Crippen molar-refractivity contribution in [3.8, 4) is 11.5 Å². The van der Waals surface area contributed by atoms with Crippen LogP contribution in [-0.2, 0) is 22.6 Å². The Labute approximate surface area is 217 Å². The zero-order valence-electron chi connectivity index (χ0n) is 22.0. The fraction of sp³-hybridized carbons (Fsp3) is 0.679. The summed E-state index contributed by atoms with van der Waals surface area (Å²) in [7, 11) is 0. The van der Waals surface area contributed by atoms with Gasteiger partial charge in [-0.05, 0) is 55.4 Å². The minimum atomic E-state index is -1.21. The molecule has 6 atom stereocenters. The zero-order chi connectivity index (χ0) is 27.1. The fourth-order valence-electron chi connectivity index (χ4n) is 8.23. The molecule has 2 saturated carbocycles. The standard InChI is InChI=1S/C28H38N2O7/c1-14-5-7-20-26(2,3)21(32)9-10-27(20,4)28(14)12-16-19(31)11-15-17(23(16)37-28)13-30(24(15)34)18(25(35)36)6-8-22(29)33/h11,14,18,20-21,31-32H,5-10,12-13H2,1-4H3,(H2,29,33)(H,35,36)/t14-,18+,20+,21+,27-,28+/m1/s1. The van der Waals surface area contributed by atoms with Gasteiger partial charge in [0.1, 0.15) is 23.1 Å². The van der Waals surface area contributed by atoms with Crippen molar-refractivity contribution in [2.24, 2.45) is 28.4 Å². The van der Waals surface area contributed by atoms with Crippen LogP contribution in [0.1, 0.15) is 87.7 Å². The second-order valence-corrected chi connectivity index (χ2v) is 12.5. The number of ether oxygens (including phenoxy) is 1. The minimum absolute atomic E-state index is 0.0159. The Hall–Kier alpha value is -2.81. The Balaban J connectivity index is 1.55. The lowest BCUT2D eigenvalue weighted by molar-refractivity contribution is -0.210. The maximum Gasteiger partial charge on any atom is 0.326 e. The molecule has 2 heterocycles. The molecule has 1 spiro atoms. The van der Waals surface area contributed by atoms with E-state index >= 15 is 0 Å². The molecular weight excluding hydrogens is 476 g/mol. The molecule has 1 aromatic carbocycles. The summed E-state index contributed by atoms with van der Waals surface area (Å²) in [6, 6.07) is 0.227. The lowest BCUT2D eigenvalue weighted by Gasteiger charge is -2.64. The monoisotopic (exact) mass is 514 g/mol. The third-order valence-electron chi connectivity index (χ3n) is 10.4. The number of nitrogens with zero attached hydrogens (tertiary/aromatic N) is 1. The summed E-state index contributed by atoms with van der Waals surface area (Å²) in [6.45, 7) is 8.74. The number of carboxylic acid groups (broad SMARTS) is 1. The van der Waals surface area contributed by atoms with Crippen molar-refractivity contribution in [3.63, 3.8) is 0 Å². The van der Waals surface area contributed by atoms with Crippen LogP contribution in [0.5, 0.6) is 11.5 Å². The van der Waals surface area contributed by atoms with Crippen molar-refractivity contribution in [1.82, 2.24) is 4.90 Å². The van der Waals surface area contributed by atoms with Gasteiger partial charge in [0.2, 0.25) is 5.91 Å². The highest BCUT2D eigenvalue weighted by Crippen LogP contribution is 2.67. The number of nitrogens with two attached hydrogens (primary N) is 1. The lowest BCUT2D eigenvalue weighted by atomic mass is 9.43. The van der Waals surface area contributed by atoms with E-state index in [1.165, 1.54) is 11.0 Å². The topological polar surface area (TPSA) is 150 Å². The van der Waals surface area contributed by atoms with Gasteiger partial charge in [0.25, 0.3) is 5.91 Å². The van der Waals surface area contributed by atoms with Gasteiger partial charge in [-0.15, -0.1) is 0 Å². The van der Waals surface area contributed by atoms with Crippen LogP contribution in [0, 0.1) is 22.7 Å². The SMILES string of the molecule is C[C@@H]1CC[C@H]2C(C)(C)[C@@H](O)CC[C@@]2(C)[C@]12Cc1c(O)cc3c(c1O2)CN([C@@H](CCC(N)=O)C(=O)O)C3=O. The highest BCUT2D eigenvalue weighted by Gasteiger charge is 2.67. The molecule has 1 aromatic rings. The minimum Gasteiger partial charge on any atom is -0.508 e. The predicted molar refractivity (Wildman–Crippen MR) is 134 cm³/mol. The van der Waals surface area contributed by atoms with Crippen LogP contribution in [0.25, 0.3) is 0 Å². The van der Waals surface area contributed by atoms with Gasteiger partial charge in [-0.25, -0.2) is 4.79 Å². The molecule has 2 amide bonds. The van der Waals surface area contributed by atoms with E-state index in [1.54, 1.807) is 0 Å². The molecule has 5 N–H and O–H groups in total. The first kappa shape index (κ1) is 25.8. The van der Waals surface area contributed by atoms with Crippen molar-refractivity contribution in [2.45, 2.75) is 96.9 Å². The van der Waals surface area contributed by atoms with E-state index in [0.717, 1.165) is 19.3 Å². The molecule has 0 bridgehead atoms. The Morgan fingerprint density at radius 1 is 1.22 bits per heavy atom. The fourth-order valence-corrected chi connectivity index (χ4v) is 8.23. The van der Waals surface area contributed by atoms with Crippen LogP contribution in [0.15, 0.2) is 6.07 Å². The van der Waals surface area contributed by atoms with Crippen molar-refractivity contribution in [2.75, 3.05) is 0 Å². The van der Waals surface area contributed by atoms with Gasteiger partial charge in [-0.2, -0.15) is 0 Å². The number of amides is 2. The molecule has 37 heavy (non-hydrogen) atoms. The Morgan fingerprint density at radius 3 is 2.57 bits per heavy atom. The number of aliphatic hydroxyl groups is 1. The van der Waals surface area contributed by atoms with E-state index in [-0.39, 0.29) is 53.4 Å². The number of hydrogen-bond donors (Lipinski definition) is 4. The number of phenols is 1. The van der Waals surface area contributed by atoms with E-state index in [0.29, 0.717) is 29.7 Å². The number of primary amides is 1. The molecule has 0 aromatic heterocycles. The molecule has 9 nitrogen and oxygen atoms in total. The maximum atomic E-state index is 13.3. The first-order valence-corrected chi connectivity index (χ1v) is 13.3. The molecule has 2 fully saturated rings. The summed E-state index contributed by atoms with van der Waals surface area (Å²) in [5.74, 6) is -1.48. The number of rotatable bonds is 5. The van der Waals surface area contributed by atoms with E-state index in [2.05, 4.69) is 27.7 Å². The first-order chi connectivity index (χ1) is 17.2. The first-order valence-electron chi connectivity index (χ1n) is 13.3. The van der Waals surface area contributed by atoms with Crippen molar-refractivity contribution in [1.29, 1.82) is 0 Å². The molecule has 0 radical (unpaired) electrons. The normalized spacial score (nSPS) is 34.5. The molecule has 2 aliphatic heterocycles. The van der Waals surface area contributed by atoms with Gasteiger partial charge < -0.3 is 30.7 Å². The summed E-state index contributed by atoms with van der Waals surface area (Å²) in [5, 5.41) is 31.8. The highest BCUT2D eigenvalue weighted by molar-refractivity contribution is 6.02. The molecule has 2 aliphatic carbocycles. The van der Waals surface area contributed by atoms with Crippen LogP contribution in [0.2, 0.25) is 0 Å². The number of carbonyl (C=O) groups is 3. The maximum absolute atomic E-state index is 13.3. The van der Waals surface area contributed by atoms with Crippen LogP contribution < -0.4 is 10.5 Å². The van der Waals surface area contributed by atoms with Gasteiger partial charge >= 0.3 is 5.97 Å². The van der Waals surface area contributed by atoms with E-state index in [9.17, 15) is 29.7 Å². The molecular formula is C28H38N2O7. The van der Waals surface area contributed by atoms with Crippen molar-refractivity contribution >= 4 is 17.8 Å². The van der Waals surface area contributed by atoms with Gasteiger partial charge in [0.15, 0.2) is 0 Å². The number of aliphatic carboxylic acids is 1. The van der Waals surface area contributed by atoms with E-state index in [1.807, 2.05) is 0 Å². The molecule has 0 unspecified atom stereocenters. The number of benzene rings is 1. The van der Waals surface area contributed by atoms with Crippen LogP contribution >= 0.6 is 0 Å². The summed E-state index contributed by atoms with van der Waals surface area (Å²) in [4.78, 5) is 37.9. The van der Waals surface area contributed by atoms with Gasteiger partial charge in [0.05, 0.1) is 18.2 Å². The number of phenolic OH excluding ortho intramolecular Hbond substituents is 1. The lowest BCUT2D eigenvalue weighted by Crippen LogP contribution is -2.66. The molecule has 0 saturated heterocycles. The van der Waals surface area contributed by atoms with Gasteiger partial charge in [-0.3, -0.25) is 9.59 Å². The number of aromatic hydroxyl groups is 1. The Bertz CT molecular complexity index is 1180. The second kappa shape index (κ2) is 8.35. The van der Waals surface area contributed by atoms with Gasteiger partial charge in [-0.1, -0.05) is 27.7 Å². The van der Waals surface area contributed by atoms with Crippen LogP contribution in [0.4, 0.5) is 0 Å². The van der Waals surface area contributed by atoms with Crippen molar-refractivity contribution < 1.29 is 34.4 Å². The second-order valence-electron chi connectivity index (χ2n) is 12.5.